The van der Waals surface area contributed by atoms with Gasteiger partial charge in [0.05, 0.1) is 22.5 Å². The van der Waals surface area contributed by atoms with Crippen LogP contribution in [0, 0.1) is 31.5 Å². The molecule has 0 aromatic heterocycles. The maximum absolute atomic E-state index is 12.9. The highest BCUT2D eigenvalue weighted by Gasteiger charge is 2.48. The normalized spacial score (nSPS) is 18.1. The first-order chi connectivity index (χ1) is 12.8. The summed E-state index contributed by atoms with van der Waals surface area (Å²) in [5.41, 5.74) is 3.48. The van der Waals surface area contributed by atoms with Crippen molar-refractivity contribution in [1.82, 2.24) is 5.32 Å². The molecule has 2 aromatic carbocycles. The number of aryl methyl sites for hydroxylation is 2. The predicted octanol–water partition coefficient (Wildman–Crippen LogP) is 4.03. The van der Waals surface area contributed by atoms with Crippen molar-refractivity contribution in [2.75, 3.05) is 11.9 Å². The van der Waals surface area contributed by atoms with Crippen molar-refractivity contribution in [2.45, 2.75) is 26.7 Å². The van der Waals surface area contributed by atoms with Crippen molar-refractivity contribution >= 4 is 29.1 Å². The summed E-state index contributed by atoms with van der Waals surface area (Å²) in [6.45, 7) is 4.29. The Balaban J connectivity index is 1.48. The number of rotatable bonds is 6. The van der Waals surface area contributed by atoms with Crippen LogP contribution in [0.15, 0.2) is 36.4 Å². The van der Waals surface area contributed by atoms with Crippen LogP contribution in [-0.4, -0.2) is 18.4 Å². The molecular formula is C21H22ClFN2O2. The zero-order chi connectivity index (χ0) is 19.6. The zero-order valence-corrected chi connectivity index (χ0v) is 16.1. The lowest BCUT2D eigenvalue weighted by atomic mass is 10.1. The van der Waals surface area contributed by atoms with E-state index in [0.29, 0.717) is 30.1 Å². The number of carbonyl (C=O) groups is 2. The summed E-state index contributed by atoms with van der Waals surface area (Å²) in [6.07, 6.45) is 1.16. The summed E-state index contributed by atoms with van der Waals surface area (Å²) in [5, 5.41) is 6.20. The van der Waals surface area contributed by atoms with E-state index in [1.807, 2.05) is 19.9 Å². The Morgan fingerprint density at radius 2 is 1.78 bits per heavy atom. The van der Waals surface area contributed by atoms with E-state index in [1.54, 1.807) is 18.2 Å². The maximum Gasteiger partial charge on any atom is 0.228 e. The molecule has 0 saturated heterocycles. The second kappa shape index (κ2) is 8.09. The first kappa shape index (κ1) is 19.4. The van der Waals surface area contributed by atoms with E-state index in [0.717, 1.165) is 16.7 Å². The number of hydrogen-bond donors (Lipinski definition) is 2. The van der Waals surface area contributed by atoms with Gasteiger partial charge in [-0.1, -0.05) is 29.8 Å². The van der Waals surface area contributed by atoms with Crippen molar-refractivity contribution in [3.05, 3.63) is 63.9 Å². The summed E-state index contributed by atoms with van der Waals surface area (Å²) in [4.78, 5) is 24.6. The molecule has 1 fully saturated rings. The largest absolute Gasteiger partial charge is 0.356 e. The van der Waals surface area contributed by atoms with Gasteiger partial charge < -0.3 is 10.6 Å². The third kappa shape index (κ3) is 4.86. The molecule has 0 aliphatic heterocycles. The number of hydrogen-bond acceptors (Lipinski definition) is 2. The van der Waals surface area contributed by atoms with Crippen LogP contribution < -0.4 is 10.6 Å². The Labute approximate surface area is 163 Å². The van der Waals surface area contributed by atoms with Crippen LogP contribution in [0.25, 0.3) is 0 Å². The molecule has 2 unspecified atom stereocenters. The SMILES string of the molecule is Cc1cc(C)c(NC(=O)C2CC2C(=O)NCCc2ccc(F)cc2)c(Cl)c1. The van der Waals surface area contributed by atoms with Gasteiger partial charge in [0.1, 0.15) is 5.82 Å². The summed E-state index contributed by atoms with van der Waals surface area (Å²) in [6, 6.07) is 9.95. The molecule has 0 spiro atoms. The van der Waals surface area contributed by atoms with Crippen molar-refractivity contribution in [3.63, 3.8) is 0 Å². The molecule has 0 heterocycles. The Morgan fingerprint density at radius 1 is 1.11 bits per heavy atom. The number of halogens is 2. The van der Waals surface area contributed by atoms with Gasteiger partial charge in [-0.3, -0.25) is 9.59 Å². The van der Waals surface area contributed by atoms with E-state index >= 15 is 0 Å². The lowest BCUT2D eigenvalue weighted by Crippen LogP contribution is -2.29. The lowest BCUT2D eigenvalue weighted by molar-refractivity contribution is -0.125. The zero-order valence-electron chi connectivity index (χ0n) is 15.3. The van der Waals surface area contributed by atoms with Crippen molar-refractivity contribution in [2.24, 2.45) is 11.8 Å². The molecule has 2 amide bonds. The van der Waals surface area contributed by atoms with E-state index in [9.17, 15) is 14.0 Å². The lowest BCUT2D eigenvalue weighted by Gasteiger charge is -2.11. The van der Waals surface area contributed by atoms with Crippen molar-refractivity contribution < 1.29 is 14.0 Å². The molecule has 142 valence electrons. The van der Waals surface area contributed by atoms with E-state index in [-0.39, 0.29) is 29.5 Å². The molecule has 4 nitrogen and oxygen atoms in total. The third-order valence-corrected chi connectivity index (χ3v) is 5.07. The van der Waals surface area contributed by atoms with Crippen molar-refractivity contribution in [3.8, 4) is 0 Å². The molecule has 6 heteroatoms. The van der Waals surface area contributed by atoms with Crippen LogP contribution in [0.1, 0.15) is 23.1 Å². The van der Waals surface area contributed by atoms with Crippen LogP contribution in [0.5, 0.6) is 0 Å². The standard InChI is InChI=1S/C21H22ClFN2O2/c1-12-9-13(2)19(18(22)10-12)25-21(27)17-11-16(17)20(26)24-8-7-14-3-5-15(23)6-4-14/h3-6,9-10,16-17H,7-8,11H2,1-2H3,(H,24,26)(H,25,27). The average molecular weight is 389 g/mol. The quantitative estimate of drug-likeness (QED) is 0.784. The molecule has 3 rings (SSSR count). The molecule has 1 aliphatic rings. The minimum absolute atomic E-state index is 0.121. The maximum atomic E-state index is 12.9. The molecule has 1 saturated carbocycles. The highest BCUT2D eigenvalue weighted by atomic mass is 35.5. The van der Waals surface area contributed by atoms with E-state index in [1.165, 1.54) is 12.1 Å². The second-order valence-electron chi connectivity index (χ2n) is 7.04. The molecular weight excluding hydrogens is 367 g/mol. The van der Waals surface area contributed by atoms with Gasteiger partial charge >= 0.3 is 0 Å². The Bertz CT molecular complexity index is 844. The van der Waals surface area contributed by atoms with E-state index < -0.39 is 0 Å². The highest BCUT2D eigenvalue weighted by Crippen LogP contribution is 2.40. The fourth-order valence-corrected chi connectivity index (χ4v) is 3.55. The Morgan fingerprint density at radius 3 is 2.44 bits per heavy atom. The summed E-state index contributed by atoms with van der Waals surface area (Å²) in [5.74, 6) is -1.21. The number of anilines is 1. The molecule has 1 aliphatic carbocycles. The van der Waals surface area contributed by atoms with Gasteiger partial charge in [0.2, 0.25) is 11.8 Å². The van der Waals surface area contributed by atoms with Crippen molar-refractivity contribution in [1.29, 1.82) is 0 Å². The molecule has 0 bridgehead atoms. The Hall–Kier alpha value is -2.40. The van der Waals surface area contributed by atoms with E-state index in [4.69, 9.17) is 11.6 Å². The minimum Gasteiger partial charge on any atom is -0.356 e. The molecule has 2 aromatic rings. The van der Waals surface area contributed by atoms with Crippen LogP contribution in [0.4, 0.5) is 10.1 Å². The van der Waals surface area contributed by atoms with Gasteiger partial charge in [0.25, 0.3) is 0 Å². The molecule has 2 N–H and O–H groups in total. The van der Waals surface area contributed by atoms with E-state index in [2.05, 4.69) is 10.6 Å². The summed E-state index contributed by atoms with van der Waals surface area (Å²) >= 11 is 6.22. The topological polar surface area (TPSA) is 58.2 Å². The van der Waals surface area contributed by atoms with Gasteiger partial charge in [0.15, 0.2) is 0 Å². The fourth-order valence-electron chi connectivity index (χ4n) is 3.18. The van der Waals surface area contributed by atoms with Crippen LogP contribution in [0.3, 0.4) is 0 Å². The van der Waals surface area contributed by atoms with Gasteiger partial charge in [-0.15, -0.1) is 0 Å². The minimum atomic E-state index is -0.326. The molecule has 27 heavy (non-hydrogen) atoms. The van der Waals surface area contributed by atoms with Crippen LogP contribution in [0.2, 0.25) is 5.02 Å². The first-order valence-corrected chi connectivity index (χ1v) is 9.32. The number of amides is 2. The monoisotopic (exact) mass is 388 g/mol. The van der Waals surface area contributed by atoms with Gasteiger partial charge in [-0.25, -0.2) is 4.39 Å². The number of carbonyl (C=O) groups excluding carboxylic acids is 2. The third-order valence-electron chi connectivity index (χ3n) is 4.77. The fraction of sp³-hybridized carbons (Fsp3) is 0.333. The van der Waals surface area contributed by atoms with Crippen LogP contribution in [-0.2, 0) is 16.0 Å². The summed E-state index contributed by atoms with van der Waals surface area (Å²) < 4.78 is 12.9. The Kier molecular flexibility index (Phi) is 5.80. The second-order valence-corrected chi connectivity index (χ2v) is 7.45. The average Bonchev–Trinajstić information content (AvgIpc) is 3.40. The summed E-state index contributed by atoms with van der Waals surface area (Å²) in [7, 11) is 0. The van der Waals surface area contributed by atoms with Crippen LogP contribution >= 0.6 is 11.6 Å². The number of benzene rings is 2. The highest BCUT2D eigenvalue weighted by molar-refractivity contribution is 6.34. The predicted molar refractivity (Wildman–Crippen MR) is 104 cm³/mol. The number of nitrogens with one attached hydrogen (secondary N) is 2. The first-order valence-electron chi connectivity index (χ1n) is 8.95. The van der Waals surface area contributed by atoms with Gasteiger partial charge in [0, 0.05) is 6.54 Å². The van der Waals surface area contributed by atoms with Gasteiger partial charge in [-0.2, -0.15) is 0 Å². The molecule has 2 atom stereocenters. The smallest absolute Gasteiger partial charge is 0.228 e. The van der Waals surface area contributed by atoms with Gasteiger partial charge in [-0.05, 0) is 61.6 Å². The molecule has 0 radical (unpaired) electrons.